The number of methoxy groups -OCH3 is 1. The molecule has 1 N–H and O–H groups in total. The average molecular weight is 991 g/mol. The molecule has 3 amide bonds. The fourth-order valence-corrected chi connectivity index (χ4v) is 8.06. The van der Waals surface area contributed by atoms with E-state index in [0.717, 1.165) is 66.2 Å². The van der Waals surface area contributed by atoms with Gasteiger partial charge in [-0.05, 0) is 39.9 Å². The number of hydrogen-bond donors (Lipinski definition) is 1. The maximum Gasteiger partial charge on any atom is 0.410 e. The number of nitrogens with one attached hydrogen (secondary N) is 1. The van der Waals surface area contributed by atoms with Crippen LogP contribution in [0.5, 0.6) is 5.75 Å². The van der Waals surface area contributed by atoms with Gasteiger partial charge in [-0.25, -0.2) is 22.8 Å². The van der Waals surface area contributed by atoms with E-state index in [9.17, 15) is 42.0 Å². The molecule has 1 heterocycles. The van der Waals surface area contributed by atoms with Crippen LogP contribution in [0.25, 0.3) is 11.1 Å². The van der Waals surface area contributed by atoms with E-state index in [2.05, 4.69) is 21.2 Å². The highest BCUT2D eigenvalue weighted by atomic mass is 79.9. The Morgan fingerprint density at radius 2 is 1.37 bits per heavy atom. The first-order valence-corrected chi connectivity index (χ1v) is 23.0. The van der Waals surface area contributed by atoms with Gasteiger partial charge < -0.3 is 48.1 Å². The molecule has 1 fully saturated rings. The second-order valence-electron chi connectivity index (χ2n) is 14.9. The molecule has 20 nitrogen and oxygen atoms in total. The Bertz CT molecular complexity index is 2350. The monoisotopic (exact) mass is 989 g/mol. The fourth-order valence-electron chi connectivity index (χ4n) is 7.05. The molecule has 2 aliphatic rings. The molecular formula is C43H48BrN3O17S. The Labute approximate surface area is 382 Å². The number of sulfone groups is 1. The summed E-state index contributed by atoms with van der Waals surface area (Å²) in [5.74, 6) is -5.38. The minimum atomic E-state index is -3.41. The molecule has 65 heavy (non-hydrogen) atoms. The van der Waals surface area contributed by atoms with Gasteiger partial charge in [0.1, 0.15) is 35.3 Å². The van der Waals surface area contributed by atoms with Crippen molar-refractivity contribution < 1.29 is 79.9 Å². The Hall–Kier alpha value is -6.26. The van der Waals surface area contributed by atoms with Crippen LogP contribution >= 0.6 is 15.9 Å². The molecule has 3 aromatic rings. The van der Waals surface area contributed by atoms with Crippen molar-refractivity contribution in [3.8, 4) is 16.9 Å². The predicted octanol–water partition coefficient (Wildman–Crippen LogP) is 3.91. The van der Waals surface area contributed by atoms with E-state index in [1.807, 2.05) is 48.5 Å². The summed E-state index contributed by atoms with van der Waals surface area (Å²) in [4.78, 5) is 92.0. The summed E-state index contributed by atoms with van der Waals surface area (Å²) in [5.41, 5.74) is 4.15. The maximum absolute atomic E-state index is 13.7. The third-order valence-corrected chi connectivity index (χ3v) is 11.5. The quantitative estimate of drug-likeness (QED) is 0.0872. The van der Waals surface area contributed by atoms with Gasteiger partial charge in [0.2, 0.25) is 18.3 Å². The number of carbonyl (C=O) groups is 7. The number of benzene rings is 3. The second kappa shape index (κ2) is 22.1. The molecular weight excluding hydrogens is 942 g/mol. The molecule has 5 atom stereocenters. The number of likely N-dealkylation sites (N-methyl/N-ethyl adjacent to an activating group) is 1. The zero-order valence-corrected chi connectivity index (χ0v) is 38.6. The number of nitrogens with zero attached hydrogens (tertiary/aromatic N) is 2. The lowest BCUT2D eigenvalue weighted by Crippen LogP contribution is -2.64. The molecule has 1 saturated heterocycles. The molecule has 0 saturated carbocycles. The van der Waals surface area contributed by atoms with Crippen molar-refractivity contribution in [1.82, 2.24) is 9.80 Å². The summed E-state index contributed by atoms with van der Waals surface area (Å²) >= 11 is 3.15. The topological polar surface area (TPSA) is 246 Å². The van der Waals surface area contributed by atoms with Gasteiger partial charge in [0.25, 0.3) is 0 Å². The summed E-state index contributed by atoms with van der Waals surface area (Å²) in [7, 11) is -1.04. The van der Waals surface area contributed by atoms with E-state index in [1.54, 1.807) is 0 Å². The summed E-state index contributed by atoms with van der Waals surface area (Å²) in [6.07, 6.45) is -9.34. The van der Waals surface area contributed by atoms with E-state index < -0.39 is 95.7 Å². The number of anilines is 1. The van der Waals surface area contributed by atoms with Crippen LogP contribution in [0.2, 0.25) is 0 Å². The molecule has 0 bridgehead atoms. The van der Waals surface area contributed by atoms with Crippen LogP contribution in [-0.4, -0.2) is 142 Å². The summed E-state index contributed by atoms with van der Waals surface area (Å²) in [6.45, 7) is 1.95. The van der Waals surface area contributed by atoms with Crippen LogP contribution < -0.4 is 10.1 Å². The van der Waals surface area contributed by atoms with Gasteiger partial charge in [0.05, 0.1) is 24.0 Å². The van der Waals surface area contributed by atoms with Crippen molar-refractivity contribution in [2.75, 3.05) is 56.6 Å². The Kier molecular flexibility index (Phi) is 16.9. The van der Waals surface area contributed by atoms with Gasteiger partial charge in [-0.15, -0.1) is 0 Å². The summed E-state index contributed by atoms with van der Waals surface area (Å²) < 4.78 is 67.7. The van der Waals surface area contributed by atoms with Crippen molar-refractivity contribution in [2.24, 2.45) is 0 Å². The zero-order valence-electron chi connectivity index (χ0n) is 36.2. The second-order valence-corrected chi connectivity index (χ2v) is 17.7. The van der Waals surface area contributed by atoms with Crippen LogP contribution in [0.3, 0.4) is 0 Å². The van der Waals surface area contributed by atoms with Crippen LogP contribution in [0.4, 0.5) is 15.3 Å². The lowest BCUT2D eigenvalue weighted by molar-refractivity contribution is -0.282. The van der Waals surface area contributed by atoms with E-state index >= 15 is 0 Å². The molecule has 1 aliphatic heterocycles. The SMILES string of the molecule is COC(=O)[C@H]1O[C@@H](Oc2ccc(COC(=O)N(CBr)CCS(C)(=O)=O)cc2NC(=O)CN(C)C(=O)OCC2c3ccccc3-c3ccccc32)[C@H](OC(C)=O)[C@@H](OC(C)=O)[C@@H]1OC(C)=O. The van der Waals surface area contributed by atoms with Crippen molar-refractivity contribution in [1.29, 1.82) is 0 Å². The van der Waals surface area contributed by atoms with Crippen LogP contribution in [0.15, 0.2) is 66.7 Å². The van der Waals surface area contributed by atoms with E-state index in [4.69, 9.17) is 37.9 Å². The molecule has 0 spiro atoms. The predicted molar refractivity (Wildman–Crippen MR) is 231 cm³/mol. The van der Waals surface area contributed by atoms with Gasteiger partial charge >= 0.3 is 36.1 Å². The Morgan fingerprint density at radius 3 is 1.94 bits per heavy atom. The first kappa shape index (κ1) is 49.8. The number of alkyl halides is 1. The van der Waals surface area contributed by atoms with Gasteiger partial charge in [-0.1, -0.05) is 70.5 Å². The molecule has 1 aliphatic carbocycles. The molecule has 0 radical (unpaired) electrons. The lowest BCUT2D eigenvalue weighted by atomic mass is 9.97. The molecule has 22 heteroatoms. The Balaban J connectivity index is 1.40. The number of halogens is 1. The largest absolute Gasteiger partial charge is 0.467 e. The standard InChI is InChI=1S/C43H48BrN3O17S/c1-24(48)60-36-37(61-25(2)49)39(62-26(3)50)41(64-38(36)40(52)57-5)63-34-16-15-27(21-58-43(54)47(23-44)17-18-65(6,55)56)19-33(34)45-35(51)20-46(4)42(53)59-22-32-30-13-9-7-11-28(30)29-12-8-10-14-31(29)32/h7-16,19,32,36-39,41H,17-18,20-23H2,1-6H3,(H,45,51)/t36-,37-,38-,39+,41+/m0/s1. The number of esters is 4. The zero-order chi connectivity index (χ0) is 47.6. The normalized spacial score (nSPS) is 18.7. The third kappa shape index (κ3) is 13.2. The fraction of sp³-hybridized carbons (Fsp3) is 0.419. The minimum Gasteiger partial charge on any atom is -0.467 e. The summed E-state index contributed by atoms with van der Waals surface area (Å²) in [6, 6.07) is 19.7. The van der Waals surface area contributed by atoms with Crippen LogP contribution in [0, 0.1) is 0 Å². The highest BCUT2D eigenvalue weighted by Crippen LogP contribution is 2.44. The first-order chi connectivity index (χ1) is 30.8. The molecule has 5 rings (SSSR count). The molecule has 0 aromatic heterocycles. The third-order valence-electron chi connectivity index (χ3n) is 9.92. The van der Waals surface area contributed by atoms with Crippen molar-refractivity contribution >= 4 is 73.4 Å². The van der Waals surface area contributed by atoms with E-state index in [-0.39, 0.29) is 47.3 Å². The van der Waals surface area contributed by atoms with Gasteiger partial charge in [0.15, 0.2) is 18.3 Å². The van der Waals surface area contributed by atoms with Crippen LogP contribution in [-0.2, 0) is 73.6 Å². The highest BCUT2D eigenvalue weighted by molar-refractivity contribution is 9.09. The first-order valence-electron chi connectivity index (χ1n) is 19.9. The highest BCUT2D eigenvalue weighted by Gasteiger charge is 2.56. The lowest BCUT2D eigenvalue weighted by Gasteiger charge is -2.43. The number of hydrogen-bond acceptors (Lipinski definition) is 17. The van der Waals surface area contributed by atoms with E-state index in [0.29, 0.717) is 0 Å². The average Bonchev–Trinajstić information content (AvgIpc) is 3.56. The maximum atomic E-state index is 13.7. The number of fused-ring (bicyclic) bond motifs is 3. The molecule has 0 unspecified atom stereocenters. The van der Waals surface area contributed by atoms with Crippen molar-refractivity contribution in [3.05, 3.63) is 83.4 Å². The van der Waals surface area contributed by atoms with E-state index in [1.165, 1.54) is 25.2 Å². The summed E-state index contributed by atoms with van der Waals surface area (Å²) in [5, 5.41) is 2.64. The smallest absolute Gasteiger partial charge is 0.410 e. The number of ether oxygens (including phenoxy) is 8. The van der Waals surface area contributed by atoms with Gasteiger partial charge in [0, 0.05) is 46.5 Å². The molecule has 350 valence electrons. The minimum absolute atomic E-state index is 0.0115. The van der Waals surface area contributed by atoms with Crippen LogP contribution in [0.1, 0.15) is 43.4 Å². The number of carbonyl (C=O) groups excluding carboxylic acids is 7. The molecule has 3 aromatic carbocycles. The number of amides is 3. The Morgan fingerprint density at radius 1 is 0.785 bits per heavy atom. The number of rotatable bonds is 17. The van der Waals surface area contributed by atoms with Crippen molar-refractivity contribution in [3.63, 3.8) is 0 Å². The van der Waals surface area contributed by atoms with Gasteiger partial charge in [-0.3, -0.25) is 24.1 Å². The van der Waals surface area contributed by atoms with Gasteiger partial charge in [-0.2, -0.15) is 0 Å². The van der Waals surface area contributed by atoms with Crippen molar-refractivity contribution in [2.45, 2.75) is 64.0 Å².